The first-order valence-electron chi connectivity index (χ1n) is 24.1. The molecule has 0 aromatic rings. The number of ether oxygens (including phenoxy) is 1. The van der Waals surface area contributed by atoms with E-state index in [0.29, 0.717) is 12.8 Å². The fourth-order valence-electron chi connectivity index (χ4n) is 7.23. The van der Waals surface area contributed by atoms with E-state index in [1.54, 1.807) is 0 Å². The molecule has 0 spiro atoms. The molecule has 0 aliphatic heterocycles. The quantitative estimate of drug-likeness (QED) is 0.0364. The molecular weight excluding hydrogens is 695 g/mol. The van der Waals surface area contributed by atoms with Gasteiger partial charge in [0, 0.05) is 12.8 Å². The van der Waals surface area contributed by atoms with E-state index in [4.69, 9.17) is 9.84 Å². The van der Waals surface area contributed by atoms with E-state index in [2.05, 4.69) is 55.6 Å². The summed E-state index contributed by atoms with van der Waals surface area (Å²) in [4.78, 5) is 35.1. The van der Waals surface area contributed by atoms with Crippen molar-refractivity contribution in [3.8, 4) is 0 Å². The fraction of sp³-hybridized carbons (Fsp3) is 0.820. The van der Waals surface area contributed by atoms with Gasteiger partial charge in [0.1, 0.15) is 12.6 Å². The van der Waals surface area contributed by atoms with Crippen LogP contribution in [-0.2, 0) is 19.1 Å². The fourth-order valence-corrected chi connectivity index (χ4v) is 7.23. The van der Waals surface area contributed by atoms with Crippen molar-refractivity contribution < 1.29 is 24.2 Å². The molecular formula is C50H91NO5. The van der Waals surface area contributed by atoms with Crippen LogP contribution in [0.1, 0.15) is 251 Å². The van der Waals surface area contributed by atoms with Gasteiger partial charge in [-0.25, -0.2) is 0 Å². The second-order valence-corrected chi connectivity index (χ2v) is 16.4. The van der Waals surface area contributed by atoms with Crippen LogP contribution in [0.3, 0.4) is 0 Å². The summed E-state index contributed by atoms with van der Waals surface area (Å²) in [6.07, 6.45) is 57.0. The summed E-state index contributed by atoms with van der Waals surface area (Å²) in [5.41, 5.74) is 0. The molecule has 2 N–H and O–H groups in total. The Balaban J connectivity index is 4.13. The highest BCUT2D eigenvalue weighted by atomic mass is 16.5. The number of carboxylic acid groups (broad SMARTS) is 1. The van der Waals surface area contributed by atoms with Gasteiger partial charge in [0.2, 0.25) is 5.91 Å². The number of esters is 1. The number of carbonyl (C=O) groups excluding carboxylic acids is 2. The van der Waals surface area contributed by atoms with Crippen LogP contribution in [0.25, 0.3) is 0 Å². The van der Waals surface area contributed by atoms with Gasteiger partial charge < -0.3 is 15.2 Å². The van der Waals surface area contributed by atoms with Crippen LogP contribution in [0.4, 0.5) is 0 Å². The van der Waals surface area contributed by atoms with Crippen LogP contribution < -0.4 is 5.32 Å². The van der Waals surface area contributed by atoms with E-state index in [1.807, 2.05) is 0 Å². The van der Waals surface area contributed by atoms with E-state index in [9.17, 15) is 14.4 Å². The third-order valence-corrected chi connectivity index (χ3v) is 10.8. The average Bonchev–Trinajstić information content (AvgIpc) is 3.18. The number of hydrogen-bond donors (Lipinski definition) is 2. The second kappa shape index (κ2) is 45.3. The summed E-state index contributed by atoms with van der Waals surface area (Å²) in [6, 6.07) is 0. The van der Waals surface area contributed by atoms with E-state index >= 15 is 0 Å². The average molecular weight is 786 g/mol. The van der Waals surface area contributed by atoms with Gasteiger partial charge in [-0.05, 0) is 77.0 Å². The molecule has 0 aromatic heterocycles. The Morgan fingerprint density at radius 2 is 0.821 bits per heavy atom. The van der Waals surface area contributed by atoms with E-state index in [-0.39, 0.29) is 24.5 Å². The molecule has 0 fully saturated rings. The number of aliphatic carboxylic acids is 1. The third kappa shape index (κ3) is 44.3. The molecule has 6 heteroatoms. The zero-order chi connectivity index (χ0) is 40.8. The molecule has 1 unspecified atom stereocenters. The van der Waals surface area contributed by atoms with Gasteiger partial charge in [-0.15, -0.1) is 0 Å². The largest absolute Gasteiger partial charge is 0.480 e. The maximum atomic E-state index is 12.8. The highest BCUT2D eigenvalue weighted by Gasteiger charge is 2.14. The van der Waals surface area contributed by atoms with Crippen molar-refractivity contribution in [3.05, 3.63) is 36.5 Å². The Bertz CT molecular complexity index is 957. The lowest BCUT2D eigenvalue weighted by Crippen LogP contribution is -2.28. The summed E-state index contributed by atoms with van der Waals surface area (Å²) < 4.78 is 6.05. The van der Waals surface area contributed by atoms with Crippen molar-refractivity contribution in [1.82, 2.24) is 5.32 Å². The molecule has 326 valence electrons. The molecule has 0 aliphatic rings. The lowest BCUT2D eigenvalue weighted by molar-refractivity contribution is -0.150. The van der Waals surface area contributed by atoms with Gasteiger partial charge >= 0.3 is 11.9 Å². The predicted molar refractivity (Wildman–Crippen MR) is 240 cm³/mol. The first-order chi connectivity index (χ1) is 27.5. The first-order valence-corrected chi connectivity index (χ1v) is 24.1. The number of nitrogens with one attached hydrogen (secondary N) is 1. The van der Waals surface area contributed by atoms with Gasteiger partial charge in [0.05, 0.1) is 0 Å². The van der Waals surface area contributed by atoms with Crippen molar-refractivity contribution >= 4 is 17.8 Å². The predicted octanol–water partition coefficient (Wildman–Crippen LogP) is 15.2. The highest BCUT2D eigenvalue weighted by Crippen LogP contribution is 2.19. The minimum Gasteiger partial charge on any atom is -0.480 e. The van der Waals surface area contributed by atoms with Crippen molar-refractivity contribution in [3.63, 3.8) is 0 Å². The standard InChI is InChI=1S/C50H91NO5/c1-3-5-7-9-11-13-15-17-18-19-20-21-22-23-24-26-28-30-32-37-41-45-50(55)56-47(43-39-35-33-36-40-44-48(52)51-46-49(53)54)42-38-34-31-29-27-25-16-14-12-10-8-6-4-2/h15,17,19-20,22-23,47H,3-14,16,18,21,24-46H2,1-2H3,(H,51,52)(H,53,54)/b17-15-,20-19-,23-22-. The molecule has 6 nitrogen and oxygen atoms in total. The lowest BCUT2D eigenvalue weighted by atomic mass is 10.0. The molecule has 0 rings (SSSR count). The molecule has 0 saturated heterocycles. The number of allylic oxidation sites excluding steroid dienone is 6. The minimum atomic E-state index is -1.02. The van der Waals surface area contributed by atoms with Crippen molar-refractivity contribution in [2.75, 3.05) is 6.54 Å². The van der Waals surface area contributed by atoms with E-state index in [0.717, 1.165) is 83.5 Å². The lowest BCUT2D eigenvalue weighted by Gasteiger charge is -2.18. The minimum absolute atomic E-state index is 0.0206. The van der Waals surface area contributed by atoms with Crippen LogP contribution in [0.5, 0.6) is 0 Å². The monoisotopic (exact) mass is 786 g/mol. The Hall–Kier alpha value is -2.37. The van der Waals surface area contributed by atoms with Crippen molar-refractivity contribution in [1.29, 1.82) is 0 Å². The summed E-state index contributed by atoms with van der Waals surface area (Å²) in [6.45, 7) is 4.23. The van der Waals surface area contributed by atoms with Gasteiger partial charge in [-0.2, -0.15) is 0 Å². The highest BCUT2D eigenvalue weighted by molar-refractivity contribution is 5.80. The second-order valence-electron chi connectivity index (χ2n) is 16.4. The van der Waals surface area contributed by atoms with Crippen LogP contribution in [0, 0.1) is 0 Å². The van der Waals surface area contributed by atoms with E-state index in [1.165, 1.54) is 141 Å². The van der Waals surface area contributed by atoms with Crippen LogP contribution in [-0.4, -0.2) is 35.6 Å². The number of unbranched alkanes of at least 4 members (excludes halogenated alkanes) is 27. The molecule has 0 aromatic carbocycles. The molecule has 0 heterocycles. The van der Waals surface area contributed by atoms with Crippen LogP contribution in [0.15, 0.2) is 36.5 Å². The number of carbonyl (C=O) groups is 3. The zero-order valence-corrected chi connectivity index (χ0v) is 37.0. The SMILES string of the molecule is CCCCCCC/C=C\C/C=C\C/C=C\CCCCCCCCC(=O)OC(CCCCCCCCCCCCCCC)CCCCCCCC(=O)NCC(=O)O. The van der Waals surface area contributed by atoms with Gasteiger partial charge in [-0.3, -0.25) is 14.4 Å². The molecule has 0 saturated carbocycles. The topological polar surface area (TPSA) is 92.7 Å². The van der Waals surface area contributed by atoms with Crippen molar-refractivity contribution in [2.24, 2.45) is 0 Å². The van der Waals surface area contributed by atoms with Crippen molar-refractivity contribution in [2.45, 2.75) is 258 Å². The third-order valence-electron chi connectivity index (χ3n) is 10.8. The number of amides is 1. The molecule has 0 bridgehead atoms. The smallest absolute Gasteiger partial charge is 0.322 e. The summed E-state index contributed by atoms with van der Waals surface area (Å²) in [5.74, 6) is -1.23. The number of carboxylic acids is 1. The Labute approximate surface area is 346 Å². The van der Waals surface area contributed by atoms with Gasteiger partial charge in [-0.1, -0.05) is 198 Å². The van der Waals surface area contributed by atoms with E-state index < -0.39 is 5.97 Å². The molecule has 1 atom stereocenters. The normalized spacial score (nSPS) is 12.3. The van der Waals surface area contributed by atoms with Crippen LogP contribution in [0.2, 0.25) is 0 Å². The van der Waals surface area contributed by atoms with Crippen LogP contribution >= 0.6 is 0 Å². The first kappa shape index (κ1) is 53.6. The zero-order valence-electron chi connectivity index (χ0n) is 37.0. The number of hydrogen-bond acceptors (Lipinski definition) is 4. The molecule has 1 amide bonds. The molecule has 56 heavy (non-hydrogen) atoms. The Kier molecular flexibility index (Phi) is 43.4. The summed E-state index contributed by atoms with van der Waals surface area (Å²) in [5, 5.41) is 11.1. The summed E-state index contributed by atoms with van der Waals surface area (Å²) >= 11 is 0. The van der Waals surface area contributed by atoms with Gasteiger partial charge in [0.15, 0.2) is 0 Å². The molecule has 0 aliphatic carbocycles. The number of rotatable bonds is 44. The Morgan fingerprint density at radius 1 is 0.464 bits per heavy atom. The maximum absolute atomic E-state index is 12.8. The molecule has 0 radical (unpaired) electrons. The maximum Gasteiger partial charge on any atom is 0.322 e. The summed E-state index contributed by atoms with van der Waals surface area (Å²) in [7, 11) is 0. The Morgan fingerprint density at radius 3 is 1.25 bits per heavy atom. The van der Waals surface area contributed by atoms with Gasteiger partial charge in [0.25, 0.3) is 0 Å².